The molecule has 1 aliphatic carbocycles. The zero-order valence-electron chi connectivity index (χ0n) is 10.1. The van der Waals surface area contributed by atoms with Crippen LogP contribution in [0.15, 0.2) is 9.64 Å². The predicted octanol–water partition coefficient (Wildman–Crippen LogP) is 2.38. The third-order valence-electron chi connectivity index (χ3n) is 3.15. The zero-order valence-corrected chi connectivity index (χ0v) is 10.9. The maximum Gasteiger partial charge on any atom is 0.276 e. The van der Waals surface area contributed by atoms with E-state index in [1.54, 1.807) is 11.8 Å². The fourth-order valence-electron chi connectivity index (χ4n) is 2.13. The van der Waals surface area contributed by atoms with Crippen molar-refractivity contribution in [2.45, 2.75) is 56.5 Å². The van der Waals surface area contributed by atoms with Crippen molar-refractivity contribution >= 4 is 11.8 Å². The lowest BCUT2D eigenvalue weighted by Gasteiger charge is -2.38. The summed E-state index contributed by atoms with van der Waals surface area (Å²) in [7, 11) is 0. The van der Waals surface area contributed by atoms with Gasteiger partial charge in [-0.05, 0) is 24.7 Å². The molecule has 1 saturated carbocycles. The topological polar surface area (TPSA) is 64.9 Å². The molecule has 2 atom stereocenters. The number of hydrogen-bond donors (Lipinski definition) is 1. The van der Waals surface area contributed by atoms with E-state index in [1.807, 2.05) is 6.92 Å². The van der Waals surface area contributed by atoms with Crippen LogP contribution in [0.3, 0.4) is 0 Å². The van der Waals surface area contributed by atoms with Gasteiger partial charge >= 0.3 is 0 Å². The highest BCUT2D eigenvalue weighted by atomic mass is 32.2. The average Bonchev–Trinajstić information content (AvgIpc) is 2.58. The molecule has 4 nitrogen and oxygen atoms in total. The van der Waals surface area contributed by atoms with E-state index in [4.69, 9.17) is 10.2 Å². The molecule has 0 radical (unpaired) electrons. The molecule has 5 heteroatoms. The van der Waals surface area contributed by atoms with Crippen LogP contribution < -0.4 is 5.73 Å². The molecular weight excluding hydrogens is 222 g/mol. The normalized spacial score (nSPS) is 29.2. The highest BCUT2D eigenvalue weighted by Crippen LogP contribution is 2.41. The van der Waals surface area contributed by atoms with Gasteiger partial charge in [-0.2, -0.15) is 0 Å². The minimum absolute atomic E-state index is 0.241. The Morgan fingerprint density at radius 2 is 2.19 bits per heavy atom. The Morgan fingerprint density at radius 3 is 2.81 bits per heavy atom. The monoisotopic (exact) mass is 241 g/mol. The summed E-state index contributed by atoms with van der Waals surface area (Å²) >= 11 is 1.63. The van der Waals surface area contributed by atoms with Gasteiger partial charge in [-0.3, -0.25) is 0 Å². The molecule has 0 saturated heterocycles. The van der Waals surface area contributed by atoms with E-state index in [0.29, 0.717) is 21.8 Å². The molecule has 1 aromatic heterocycles. The second-order valence-electron chi connectivity index (χ2n) is 5.31. The van der Waals surface area contributed by atoms with Crippen molar-refractivity contribution in [2.75, 3.05) is 0 Å². The minimum atomic E-state index is 0.241. The first-order valence-electron chi connectivity index (χ1n) is 5.69. The fraction of sp³-hybridized carbons (Fsp3) is 0.818. The molecule has 2 N–H and O–H groups in total. The lowest BCUT2D eigenvalue weighted by molar-refractivity contribution is 0.231. The van der Waals surface area contributed by atoms with Crippen LogP contribution in [-0.4, -0.2) is 21.5 Å². The quantitative estimate of drug-likeness (QED) is 0.861. The van der Waals surface area contributed by atoms with Crippen LogP contribution in [0.2, 0.25) is 0 Å². The highest BCUT2D eigenvalue weighted by molar-refractivity contribution is 7.99. The smallest absolute Gasteiger partial charge is 0.276 e. The van der Waals surface area contributed by atoms with Crippen molar-refractivity contribution in [1.82, 2.24) is 10.2 Å². The molecule has 0 spiro atoms. The van der Waals surface area contributed by atoms with Crippen molar-refractivity contribution < 1.29 is 4.42 Å². The summed E-state index contributed by atoms with van der Waals surface area (Å²) in [5, 5.41) is 8.89. The van der Waals surface area contributed by atoms with E-state index in [9.17, 15) is 0 Å². The molecule has 1 fully saturated rings. The SMILES string of the molecule is Cc1nnc(SC2CC(C)(C)CCC2N)o1. The van der Waals surface area contributed by atoms with Crippen LogP contribution in [0.4, 0.5) is 0 Å². The second-order valence-corrected chi connectivity index (χ2v) is 6.50. The molecule has 1 aromatic rings. The van der Waals surface area contributed by atoms with Crippen molar-refractivity contribution in [2.24, 2.45) is 11.1 Å². The summed E-state index contributed by atoms with van der Waals surface area (Å²) in [6.45, 7) is 6.40. The fourth-order valence-corrected chi connectivity index (χ4v) is 3.49. The van der Waals surface area contributed by atoms with Crippen LogP contribution >= 0.6 is 11.8 Å². The molecule has 0 amide bonds. The van der Waals surface area contributed by atoms with Gasteiger partial charge < -0.3 is 10.2 Å². The number of rotatable bonds is 2. The number of nitrogens with zero attached hydrogens (tertiary/aromatic N) is 2. The van der Waals surface area contributed by atoms with E-state index in [2.05, 4.69) is 24.0 Å². The largest absolute Gasteiger partial charge is 0.416 e. The van der Waals surface area contributed by atoms with Gasteiger partial charge in [0.25, 0.3) is 5.22 Å². The van der Waals surface area contributed by atoms with E-state index in [0.717, 1.165) is 12.8 Å². The Labute approximate surface area is 100 Å². The highest BCUT2D eigenvalue weighted by Gasteiger charge is 2.34. The van der Waals surface area contributed by atoms with Gasteiger partial charge in [-0.15, -0.1) is 10.2 Å². The molecule has 0 bridgehead atoms. The first kappa shape index (κ1) is 11.9. The van der Waals surface area contributed by atoms with E-state index >= 15 is 0 Å². The van der Waals surface area contributed by atoms with Crippen molar-refractivity contribution in [1.29, 1.82) is 0 Å². The lowest BCUT2D eigenvalue weighted by Crippen LogP contribution is -2.41. The zero-order chi connectivity index (χ0) is 11.8. The first-order valence-corrected chi connectivity index (χ1v) is 6.57. The molecule has 90 valence electrons. The summed E-state index contributed by atoms with van der Waals surface area (Å²) in [5.41, 5.74) is 6.52. The second kappa shape index (κ2) is 4.37. The summed E-state index contributed by atoms with van der Waals surface area (Å²) in [6, 6.07) is 0.241. The van der Waals surface area contributed by atoms with Gasteiger partial charge in [0.1, 0.15) is 0 Å². The van der Waals surface area contributed by atoms with Crippen LogP contribution in [0.25, 0.3) is 0 Å². The molecular formula is C11H19N3OS. The number of thioether (sulfide) groups is 1. The van der Waals surface area contributed by atoms with Gasteiger partial charge in [0.05, 0.1) is 0 Å². The van der Waals surface area contributed by atoms with Crippen molar-refractivity contribution in [3.63, 3.8) is 0 Å². The van der Waals surface area contributed by atoms with E-state index in [1.165, 1.54) is 6.42 Å². The Bertz CT molecular complexity index is 364. The van der Waals surface area contributed by atoms with Gasteiger partial charge in [-0.1, -0.05) is 25.6 Å². The summed E-state index contributed by atoms with van der Waals surface area (Å²) in [4.78, 5) is 0. The summed E-state index contributed by atoms with van der Waals surface area (Å²) in [6.07, 6.45) is 3.39. The van der Waals surface area contributed by atoms with Gasteiger partial charge in [0.2, 0.25) is 5.89 Å². The van der Waals surface area contributed by atoms with E-state index < -0.39 is 0 Å². The Kier molecular flexibility index (Phi) is 3.26. The number of hydrogen-bond acceptors (Lipinski definition) is 5. The van der Waals surface area contributed by atoms with Crippen LogP contribution in [0.5, 0.6) is 0 Å². The lowest BCUT2D eigenvalue weighted by atomic mass is 9.75. The van der Waals surface area contributed by atoms with Crippen LogP contribution in [0.1, 0.15) is 39.0 Å². The Morgan fingerprint density at radius 1 is 1.44 bits per heavy atom. The van der Waals surface area contributed by atoms with Crippen molar-refractivity contribution in [3.05, 3.63) is 5.89 Å². The molecule has 2 rings (SSSR count). The molecule has 2 unspecified atom stereocenters. The maximum atomic E-state index is 6.14. The average molecular weight is 241 g/mol. The standard InChI is InChI=1S/C11H19N3OS/c1-7-13-14-10(15-7)16-9-6-11(2,3)5-4-8(9)12/h8-9H,4-6,12H2,1-3H3. The number of nitrogens with two attached hydrogens (primary N) is 1. The molecule has 0 aromatic carbocycles. The van der Waals surface area contributed by atoms with Gasteiger partial charge in [0.15, 0.2) is 0 Å². The predicted molar refractivity (Wildman–Crippen MR) is 64.3 cm³/mol. The summed E-state index contributed by atoms with van der Waals surface area (Å²) in [5.74, 6) is 0.617. The molecule has 16 heavy (non-hydrogen) atoms. The molecule has 1 aliphatic rings. The van der Waals surface area contributed by atoms with Crippen LogP contribution in [-0.2, 0) is 0 Å². The van der Waals surface area contributed by atoms with Gasteiger partial charge in [0, 0.05) is 18.2 Å². The number of aryl methyl sites for hydroxylation is 1. The molecule has 1 heterocycles. The van der Waals surface area contributed by atoms with Crippen LogP contribution in [0, 0.1) is 12.3 Å². The van der Waals surface area contributed by atoms with Crippen molar-refractivity contribution in [3.8, 4) is 0 Å². The minimum Gasteiger partial charge on any atom is -0.416 e. The molecule has 0 aliphatic heterocycles. The van der Waals surface area contributed by atoms with Gasteiger partial charge in [-0.25, -0.2) is 0 Å². The van der Waals surface area contributed by atoms with E-state index in [-0.39, 0.29) is 6.04 Å². The maximum absolute atomic E-state index is 6.14. The summed E-state index contributed by atoms with van der Waals surface area (Å²) < 4.78 is 5.39. The number of aromatic nitrogens is 2. The first-order chi connectivity index (χ1) is 7.46. The third-order valence-corrected chi connectivity index (χ3v) is 4.33. The third kappa shape index (κ3) is 2.77. The Hall–Kier alpha value is -0.550. The Balaban J connectivity index is 2.02.